The number of benzene rings is 1. The zero-order valence-electron chi connectivity index (χ0n) is 11.1. The minimum absolute atomic E-state index is 0.155. The van der Waals surface area contributed by atoms with Crippen molar-refractivity contribution in [1.82, 2.24) is 4.90 Å². The van der Waals surface area contributed by atoms with Gasteiger partial charge in [-0.25, -0.2) is 8.78 Å². The molecule has 2 rings (SSSR count). The Hall–Kier alpha value is -0.680. The van der Waals surface area contributed by atoms with Crippen LogP contribution in [-0.4, -0.2) is 31.1 Å². The van der Waals surface area contributed by atoms with E-state index in [9.17, 15) is 8.78 Å². The van der Waals surface area contributed by atoms with E-state index in [0.717, 1.165) is 19.0 Å². The lowest BCUT2D eigenvalue weighted by atomic mass is 10.0. The van der Waals surface area contributed by atoms with Gasteiger partial charge in [0.15, 0.2) is 0 Å². The summed E-state index contributed by atoms with van der Waals surface area (Å²) < 4.78 is 27.1. The summed E-state index contributed by atoms with van der Waals surface area (Å²) in [5.41, 5.74) is 0.235. The van der Waals surface area contributed by atoms with E-state index in [1.54, 1.807) is 0 Å². The predicted octanol–water partition coefficient (Wildman–Crippen LogP) is 4.01. The van der Waals surface area contributed by atoms with E-state index in [1.165, 1.54) is 25.3 Å². The molecular weight excluding hydrogens is 314 g/mol. The second-order valence-corrected chi connectivity index (χ2v) is 5.95. The first-order chi connectivity index (χ1) is 9.08. The van der Waals surface area contributed by atoms with Crippen LogP contribution in [0, 0.1) is 11.6 Å². The van der Waals surface area contributed by atoms with Gasteiger partial charge in [-0.15, -0.1) is 0 Å². The highest BCUT2D eigenvalue weighted by Gasteiger charge is 2.18. The van der Waals surface area contributed by atoms with Gasteiger partial charge in [-0.3, -0.25) is 0 Å². The maximum atomic E-state index is 13.6. The van der Waals surface area contributed by atoms with E-state index in [4.69, 9.17) is 0 Å². The van der Waals surface area contributed by atoms with Crippen LogP contribution in [0.1, 0.15) is 25.7 Å². The molecule has 1 aliphatic rings. The van der Waals surface area contributed by atoms with E-state index in [2.05, 4.69) is 33.2 Å². The van der Waals surface area contributed by atoms with Gasteiger partial charge in [0.25, 0.3) is 0 Å². The number of hydrogen-bond acceptors (Lipinski definition) is 2. The molecule has 106 valence electrons. The maximum absolute atomic E-state index is 13.6. The quantitative estimate of drug-likeness (QED) is 0.838. The van der Waals surface area contributed by atoms with Crippen molar-refractivity contribution in [2.45, 2.75) is 31.7 Å². The Morgan fingerprint density at radius 1 is 1.32 bits per heavy atom. The van der Waals surface area contributed by atoms with Gasteiger partial charge in [0, 0.05) is 18.7 Å². The van der Waals surface area contributed by atoms with Crippen molar-refractivity contribution in [3.63, 3.8) is 0 Å². The molecular formula is C14H19BrF2N2. The van der Waals surface area contributed by atoms with Crippen molar-refractivity contribution in [2.24, 2.45) is 0 Å². The molecule has 1 N–H and O–H groups in total. The molecule has 1 fully saturated rings. The molecule has 0 saturated carbocycles. The molecule has 1 saturated heterocycles. The van der Waals surface area contributed by atoms with E-state index in [0.29, 0.717) is 12.6 Å². The first kappa shape index (κ1) is 14.7. The van der Waals surface area contributed by atoms with E-state index in [-0.39, 0.29) is 10.2 Å². The van der Waals surface area contributed by atoms with Gasteiger partial charge in [0.1, 0.15) is 11.6 Å². The molecule has 1 aromatic rings. The number of piperidine rings is 1. The molecule has 2 nitrogen and oxygen atoms in total. The minimum Gasteiger partial charge on any atom is -0.383 e. The number of nitrogens with zero attached hydrogens (tertiary/aromatic N) is 1. The predicted molar refractivity (Wildman–Crippen MR) is 77.4 cm³/mol. The fraction of sp³-hybridized carbons (Fsp3) is 0.571. The maximum Gasteiger partial charge on any atom is 0.147 e. The van der Waals surface area contributed by atoms with Gasteiger partial charge in [-0.1, -0.05) is 6.42 Å². The van der Waals surface area contributed by atoms with Crippen molar-refractivity contribution < 1.29 is 8.78 Å². The third kappa shape index (κ3) is 3.89. The second kappa shape index (κ2) is 6.66. The minimum atomic E-state index is -0.446. The molecule has 0 spiro atoms. The molecule has 5 heteroatoms. The summed E-state index contributed by atoms with van der Waals surface area (Å²) >= 11 is 2.97. The number of likely N-dealkylation sites (tertiary alicyclic amines) is 1. The average Bonchev–Trinajstić information content (AvgIpc) is 2.38. The molecule has 0 aromatic heterocycles. The first-order valence-corrected chi connectivity index (χ1v) is 7.46. The van der Waals surface area contributed by atoms with Crippen LogP contribution in [0.4, 0.5) is 14.5 Å². The third-order valence-corrected chi connectivity index (χ3v) is 4.33. The van der Waals surface area contributed by atoms with Gasteiger partial charge in [-0.05, 0) is 54.9 Å². The zero-order valence-corrected chi connectivity index (χ0v) is 12.6. The van der Waals surface area contributed by atoms with Gasteiger partial charge in [0.05, 0.1) is 10.2 Å². The van der Waals surface area contributed by atoms with Crippen molar-refractivity contribution in [3.8, 4) is 0 Å². The Kier molecular flexibility index (Phi) is 5.16. The van der Waals surface area contributed by atoms with Gasteiger partial charge < -0.3 is 10.2 Å². The topological polar surface area (TPSA) is 15.3 Å². The van der Waals surface area contributed by atoms with Crippen LogP contribution in [0.2, 0.25) is 0 Å². The van der Waals surface area contributed by atoms with Crippen LogP contribution in [0.5, 0.6) is 0 Å². The first-order valence-electron chi connectivity index (χ1n) is 6.66. The number of nitrogens with one attached hydrogen (secondary N) is 1. The zero-order chi connectivity index (χ0) is 13.8. The molecule has 19 heavy (non-hydrogen) atoms. The monoisotopic (exact) mass is 332 g/mol. The molecule has 1 atom stereocenters. The Labute approximate surface area is 121 Å². The Balaban J connectivity index is 1.87. The van der Waals surface area contributed by atoms with Gasteiger partial charge >= 0.3 is 0 Å². The third-order valence-electron chi connectivity index (χ3n) is 3.72. The number of rotatable bonds is 4. The molecule has 0 amide bonds. The van der Waals surface area contributed by atoms with Crippen molar-refractivity contribution in [2.75, 3.05) is 25.5 Å². The summed E-state index contributed by atoms with van der Waals surface area (Å²) in [5, 5.41) is 2.99. The lowest BCUT2D eigenvalue weighted by molar-refractivity contribution is 0.179. The fourth-order valence-electron chi connectivity index (χ4n) is 2.54. The summed E-state index contributed by atoms with van der Waals surface area (Å²) in [4.78, 5) is 2.35. The van der Waals surface area contributed by atoms with Crippen LogP contribution >= 0.6 is 15.9 Å². The Morgan fingerprint density at radius 2 is 2.11 bits per heavy atom. The smallest absolute Gasteiger partial charge is 0.147 e. The van der Waals surface area contributed by atoms with E-state index < -0.39 is 11.6 Å². The highest BCUT2D eigenvalue weighted by molar-refractivity contribution is 9.10. The Morgan fingerprint density at radius 3 is 2.84 bits per heavy atom. The molecule has 0 bridgehead atoms. The van der Waals surface area contributed by atoms with Crippen molar-refractivity contribution >= 4 is 21.6 Å². The van der Waals surface area contributed by atoms with Crippen molar-refractivity contribution in [1.29, 1.82) is 0 Å². The van der Waals surface area contributed by atoms with Gasteiger partial charge in [0.2, 0.25) is 0 Å². The summed E-state index contributed by atoms with van der Waals surface area (Å²) in [6, 6.07) is 2.90. The van der Waals surface area contributed by atoms with Crippen LogP contribution in [0.3, 0.4) is 0 Å². The van der Waals surface area contributed by atoms with E-state index >= 15 is 0 Å². The van der Waals surface area contributed by atoms with Crippen LogP contribution in [0.25, 0.3) is 0 Å². The highest BCUT2D eigenvalue weighted by atomic mass is 79.9. The molecule has 1 heterocycles. The molecule has 1 unspecified atom stereocenters. The summed E-state index contributed by atoms with van der Waals surface area (Å²) in [6.45, 7) is 1.79. The van der Waals surface area contributed by atoms with Crippen LogP contribution < -0.4 is 5.32 Å². The number of halogens is 3. The number of hydrogen-bond donors (Lipinski definition) is 1. The highest BCUT2D eigenvalue weighted by Crippen LogP contribution is 2.24. The lowest BCUT2D eigenvalue weighted by Crippen LogP contribution is -2.37. The second-order valence-electron chi connectivity index (χ2n) is 5.09. The fourth-order valence-corrected chi connectivity index (χ4v) is 2.86. The molecule has 0 aliphatic carbocycles. The summed E-state index contributed by atoms with van der Waals surface area (Å²) in [6.07, 6.45) is 4.66. The van der Waals surface area contributed by atoms with Gasteiger partial charge in [-0.2, -0.15) is 0 Å². The lowest BCUT2D eigenvalue weighted by Gasteiger charge is -2.32. The Bertz CT molecular complexity index is 440. The van der Waals surface area contributed by atoms with E-state index in [1.807, 2.05) is 0 Å². The standard InChI is InChI=1S/C14H19BrF2N2/c1-19-7-3-2-4-10(19)5-6-18-14-9-12(16)11(15)8-13(14)17/h8-10,18H,2-7H2,1H3. The average molecular weight is 333 g/mol. The molecule has 0 radical (unpaired) electrons. The summed E-state index contributed by atoms with van der Waals surface area (Å²) in [5.74, 6) is -0.871. The largest absolute Gasteiger partial charge is 0.383 e. The molecule has 1 aliphatic heterocycles. The summed E-state index contributed by atoms with van der Waals surface area (Å²) in [7, 11) is 2.13. The normalized spacial score (nSPS) is 20.5. The number of anilines is 1. The molecule has 1 aromatic carbocycles. The van der Waals surface area contributed by atoms with Crippen LogP contribution in [0.15, 0.2) is 16.6 Å². The SMILES string of the molecule is CN1CCCCC1CCNc1cc(F)c(Br)cc1F. The van der Waals surface area contributed by atoms with Crippen LogP contribution in [-0.2, 0) is 0 Å². The van der Waals surface area contributed by atoms with Crippen molar-refractivity contribution in [3.05, 3.63) is 28.2 Å².